The van der Waals surface area contributed by atoms with Gasteiger partial charge in [0.05, 0.1) is 23.2 Å². The Morgan fingerprint density at radius 1 is 1.27 bits per heavy atom. The van der Waals surface area contributed by atoms with E-state index in [0.717, 1.165) is 47.9 Å². The number of hydrogen-bond donors (Lipinski definition) is 0. The summed E-state index contributed by atoms with van der Waals surface area (Å²) in [6.45, 7) is 0. The van der Waals surface area contributed by atoms with E-state index in [-0.39, 0.29) is 6.10 Å². The second-order valence-corrected chi connectivity index (χ2v) is 6.96. The van der Waals surface area contributed by atoms with Crippen LogP contribution in [-0.2, 0) is 10.3 Å². The monoisotopic (exact) mass is 365 g/mol. The quantitative estimate of drug-likeness (QED) is 0.570. The molecule has 1 aromatic rings. The van der Waals surface area contributed by atoms with Crippen LogP contribution >= 0.6 is 15.9 Å². The Bertz CT molecular complexity index is 600. The van der Waals surface area contributed by atoms with Gasteiger partial charge in [-0.05, 0) is 78.6 Å². The molecule has 0 radical (unpaired) electrons. The summed E-state index contributed by atoms with van der Waals surface area (Å²) in [6, 6.07) is 3.97. The van der Waals surface area contributed by atoms with E-state index in [1.807, 2.05) is 12.1 Å². The van der Waals surface area contributed by atoms with Gasteiger partial charge in [0.2, 0.25) is 6.08 Å². The average Bonchev–Trinajstić information content (AvgIpc) is 2.95. The van der Waals surface area contributed by atoms with Gasteiger partial charge in [-0.25, -0.2) is 4.79 Å². The van der Waals surface area contributed by atoms with Crippen molar-refractivity contribution in [2.24, 2.45) is 4.99 Å². The summed E-state index contributed by atoms with van der Waals surface area (Å²) < 4.78 is 12.5. The van der Waals surface area contributed by atoms with E-state index in [1.54, 1.807) is 13.2 Å². The molecule has 0 saturated heterocycles. The normalized spacial score (nSPS) is 20.1. The predicted molar refractivity (Wildman–Crippen MR) is 87.2 cm³/mol. The highest BCUT2D eigenvalue weighted by molar-refractivity contribution is 9.10. The maximum absolute atomic E-state index is 10.8. The molecule has 0 heterocycles. The summed E-state index contributed by atoms with van der Waals surface area (Å²) >= 11 is 3.56. The Hall–Kier alpha value is -1.32. The van der Waals surface area contributed by atoms with Crippen molar-refractivity contribution in [3.8, 4) is 11.5 Å². The number of aliphatic imine (C=N–C) groups is 1. The smallest absolute Gasteiger partial charge is 0.235 e. The zero-order valence-electron chi connectivity index (χ0n) is 12.7. The van der Waals surface area contributed by atoms with Gasteiger partial charge in [-0.1, -0.05) is 0 Å². The molecular formula is C17H20BrNO3. The highest BCUT2D eigenvalue weighted by Crippen LogP contribution is 2.49. The van der Waals surface area contributed by atoms with Crippen molar-refractivity contribution in [2.45, 2.75) is 56.6 Å². The van der Waals surface area contributed by atoms with Gasteiger partial charge in [0.1, 0.15) is 0 Å². The van der Waals surface area contributed by atoms with Crippen LogP contribution in [0.1, 0.15) is 50.5 Å². The summed E-state index contributed by atoms with van der Waals surface area (Å²) in [5, 5.41) is 0. The average molecular weight is 366 g/mol. The molecule has 5 heteroatoms. The molecule has 4 nitrogen and oxygen atoms in total. The van der Waals surface area contributed by atoms with E-state index in [2.05, 4.69) is 20.9 Å². The van der Waals surface area contributed by atoms with Gasteiger partial charge in [-0.15, -0.1) is 0 Å². The summed E-state index contributed by atoms with van der Waals surface area (Å²) in [5.41, 5.74) is 0.576. The van der Waals surface area contributed by atoms with Gasteiger partial charge < -0.3 is 9.47 Å². The third-order valence-electron chi connectivity index (χ3n) is 4.79. The molecule has 2 saturated carbocycles. The first-order chi connectivity index (χ1) is 10.7. The number of ether oxygens (including phenoxy) is 2. The third-order valence-corrected chi connectivity index (χ3v) is 5.38. The van der Waals surface area contributed by atoms with Gasteiger partial charge in [0.25, 0.3) is 0 Å². The largest absolute Gasteiger partial charge is 0.492 e. The summed E-state index contributed by atoms with van der Waals surface area (Å²) in [7, 11) is 1.64. The SMILES string of the molecule is COc1c(Br)cc(C2(N=C=O)CCC2)cc1OC1CCCC1. The summed E-state index contributed by atoms with van der Waals surface area (Å²) in [4.78, 5) is 14.9. The topological polar surface area (TPSA) is 47.9 Å². The number of hydrogen-bond acceptors (Lipinski definition) is 4. The second kappa shape index (κ2) is 6.43. The predicted octanol–water partition coefficient (Wildman–Crippen LogP) is 4.49. The zero-order chi connectivity index (χ0) is 15.6. The number of nitrogens with zero attached hydrogens (tertiary/aromatic N) is 1. The van der Waals surface area contributed by atoms with Crippen LogP contribution in [0.2, 0.25) is 0 Å². The van der Waals surface area contributed by atoms with Crippen molar-refractivity contribution < 1.29 is 14.3 Å². The third kappa shape index (κ3) is 2.80. The summed E-state index contributed by atoms with van der Waals surface area (Å²) in [5.74, 6) is 1.45. The van der Waals surface area contributed by atoms with Crippen molar-refractivity contribution in [1.82, 2.24) is 0 Å². The Kier molecular flexibility index (Phi) is 4.55. The lowest BCUT2D eigenvalue weighted by molar-refractivity contribution is 0.198. The Labute approximate surface area is 139 Å². The number of halogens is 1. The van der Waals surface area contributed by atoms with Crippen LogP contribution < -0.4 is 9.47 Å². The molecular weight excluding hydrogens is 346 g/mol. The Balaban J connectivity index is 1.98. The Morgan fingerprint density at radius 3 is 2.55 bits per heavy atom. The fourth-order valence-electron chi connectivity index (χ4n) is 3.37. The van der Waals surface area contributed by atoms with Crippen LogP contribution in [0, 0.1) is 0 Å². The summed E-state index contributed by atoms with van der Waals surface area (Å²) in [6.07, 6.45) is 9.43. The lowest BCUT2D eigenvalue weighted by atomic mass is 9.72. The molecule has 2 aliphatic carbocycles. The maximum Gasteiger partial charge on any atom is 0.235 e. The molecule has 0 aromatic heterocycles. The van der Waals surface area contributed by atoms with Gasteiger partial charge in [-0.2, -0.15) is 4.99 Å². The van der Waals surface area contributed by atoms with Crippen LogP contribution in [0.3, 0.4) is 0 Å². The molecule has 0 spiro atoms. The lowest BCUT2D eigenvalue weighted by Crippen LogP contribution is -2.32. The Morgan fingerprint density at radius 2 is 2.00 bits per heavy atom. The van der Waals surface area contributed by atoms with Crippen LogP contribution in [0.4, 0.5) is 0 Å². The van der Waals surface area contributed by atoms with Crippen molar-refractivity contribution in [1.29, 1.82) is 0 Å². The van der Waals surface area contributed by atoms with Crippen LogP contribution in [0.15, 0.2) is 21.6 Å². The number of benzene rings is 1. The number of methoxy groups -OCH3 is 1. The van der Waals surface area contributed by atoms with E-state index in [4.69, 9.17) is 9.47 Å². The molecule has 0 unspecified atom stereocenters. The molecule has 0 bridgehead atoms. The van der Waals surface area contributed by atoms with Crippen molar-refractivity contribution in [2.75, 3.05) is 7.11 Å². The van der Waals surface area contributed by atoms with Gasteiger partial charge >= 0.3 is 0 Å². The van der Waals surface area contributed by atoms with Crippen molar-refractivity contribution in [3.05, 3.63) is 22.2 Å². The lowest BCUT2D eigenvalue weighted by Gasteiger charge is -2.37. The standard InChI is InChI=1S/C17H20BrNO3/c1-21-16-14(18)9-12(17(19-11-20)7-4-8-17)10-15(16)22-13-5-2-3-6-13/h9-10,13H,2-8H2,1H3. The minimum absolute atomic E-state index is 0.253. The van der Waals surface area contributed by atoms with Crippen LogP contribution in [0.25, 0.3) is 0 Å². The van der Waals surface area contributed by atoms with E-state index in [0.29, 0.717) is 5.75 Å². The maximum atomic E-state index is 10.8. The minimum Gasteiger partial charge on any atom is -0.492 e. The molecule has 0 N–H and O–H groups in total. The van der Waals surface area contributed by atoms with Crippen LogP contribution in [-0.4, -0.2) is 19.3 Å². The molecule has 0 aliphatic heterocycles. The molecule has 3 rings (SSSR count). The van der Waals surface area contributed by atoms with E-state index >= 15 is 0 Å². The number of rotatable bonds is 5. The molecule has 2 fully saturated rings. The van der Waals surface area contributed by atoms with Crippen molar-refractivity contribution in [3.63, 3.8) is 0 Å². The van der Waals surface area contributed by atoms with Gasteiger partial charge in [0.15, 0.2) is 11.5 Å². The van der Waals surface area contributed by atoms with Gasteiger partial charge in [0, 0.05) is 0 Å². The minimum atomic E-state index is -0.426. The molecule has 0 atom stereocenters. The molecule has 2 aliphatic rings. The number of isocyanates is 1. The van der Waals surface area contributed by atoms with E-state index < -0.39 is 5.54 Å². The van der Waals surface area contributed by atoms with E-state index in [9.17, 15) is 4.79 Å². The molecule has 1 aromatic carbocycles. The molecule has 118 valence electrons. The fourth-order valence-corrected chi connectivity index (χ4v) is 3.98. The van der Waals surface area contributed by atoms with Crippen molar-refractivity contribution >= 4 is 22.0 Å². The highest BCUT2D eigenvalue weighted by atomic mass is 79.9. The highest BCUT2D eigenvalue weighted by Gasteiger charge is 2.40. The number of carbonyl (C=O) groups excluding carboxylic acids is 1. The fraction of sp³-hybridized carbons (Fsp3) is 0.588. The van der Waals surface area contributed by atoms with Gasteiger partial charge in [-0.3, -0.25) is 0 Å². The first kappa shape index (κ1) is 15.6. The second-order valence-electron chi connectivity index (χ2n) is 6.10. The molecule has 22 heavy (non-hydrogen) atoms. The first-order valence-electron chi connectivity index (χ1n) is 7.82. The molecule has 0 amide bonds. The van der Waals surface area contributed by atoms with E-state index in [1.165, 1.54) is 12.8 Å². The zero-order valence-corrected chi connectivity index (χ0v) is 14.3. The van der Waals surface area contributed by atoms with Crippen LogP contribution in [0.5, 0.6) is 11.5 Å². The first-order valence-corrected chi connectivity index (χ1v) is 8.61.